The maximum Gasteiger partial charge on any atom is 0.244 e. The van der Waals surface area contributed by atoms with E-state index < -0.39 is 10.0 Å². The van der Waals surface area contributed by atoms with Gasteiger partial charge in [0.25, 0.3) is 0 Å². The molecule has 114 valence electrons. The normalized spacial score (nSPS) is 18.8. The molecule has 1 aromatic carbocycles. The fourth-order valence-corrected chi connectivity index (χ4v) is 4.06. The van der Waals surface area contributed by atoms with Crippen LogP contribution in [0.1, 0.15) is 18.9 Å². The molecule has 2 rings (SSSR count). The van der Waals surface area contributed by atoms with Crippen molar-refractivity contribution < 1.29 is 13.2 Å². The van der Waals surface area contributed by atoms with Gasteiger partial charge in [0, 0.05) is 25.4 Å². The van der Waals surface area contributed by atoms with Crippen molar-refractivity contribution in [2.45, 2.75) is 18.2 Å². The van der Waals surface area contributed by atoms with Crippen molar-refractivity contribution in [2.75, 3.05) is 32.0 Å². The summed E-state index contributed by atoms with van der Waals surface area (Å²) in [4.78, 5) is 0.0139. The first-order valence-electron chi connectivity index (χ1n) is 6.86. The van der Waals surface area contributed by atoms with Gasteiger partial charge in [-0.1, -0.05) is 6.92 Å². The van der Waals surface area contributed by atoms with Gasteiger partial charge in [0.15, 0.2) is 0 Å². The first-order valence-corrected chi connectivity index (χ1v) is 8.30. The lowest BCUT2D eigenvalue weighted by Crippen LogP contribution is -2.35. The van der Waals surface area contributed by atoms with Gasteiger partial charge in [0.1, 0.15) is 11.0 Å². The molecule has 0 saturated carbocycles. The highest BCUT2D eigenvalue weighted by Gasteiger charge is 2.29. The largest absolute Gasteiger partial charge is 0.399 e. The van der Waals surface area contributed by atoms with Crippen molar-refractivity contribution in [2.24, 2.45) is 5.92 Å². The van der Waals surface area contributed by atoms with Crippen LogP contribution < -0.4 is 5.73 Å². The van der Waals surface area contributed by atoms with Gasteiger partial charge in [0.2, 0.25) is 10.0 Å². The lowest BCUT2D eigenvalue weighted by atomic mass is 10.1. The van der Waals surface area contributed by atoms with Crippen LogP contribution in [0.4, 0.5) is 5.69 Å². The number of rotatable bonds is 5. The van der Waals surface area contributed by atoms with E-state index in [-0.39, 0.29) is 16.4 Å². The Labute approximate surface area is 125 Å². The molecule has 0 aliphatic carbocycles. The summed E-state index contributed by atoms with van der Waals surface area (Å²) in [6, 6.07) is 6.19. The highest BCUT2D eigenvalue weighted by atomic mass is 32.2. The van der Waals surface area contributed by atoms with E-state index in [4.69, 9.17) is 15.7 Å². The van der Waals surface area contributed by atoms with E-state index in [9.17, 15) is 8.42 Å². The molecule has 1 aromatic rings. The summed E-state index contributed by atoms with van der Waals surface area (Å²) in [5, 5.41) is 9.14. The minimum absolute atomic E-state index is 0.0139. The zero-order valence-corrected chi connectivity index (χ0v) is 12.8. The SMILES string of the molecule is CCN(CC1CCOC1)S(=O)(=O)c1ccc(N)cc1C#N. The molecule has 1 atom stereocenters. The van der Waals surface area contributed by atoms with Crippen LogP contribution in [0.5, 0.6) is 0 Å². The zero-order valence-electron chi connectivity index (χ0n) is 11.9. The first kappa shape index (κ1) is 15.8. The molecule has 0 aromatic heterocycles. The highest BCUT2D eigenvalue weighted by molar-refractivity contribution is 7.89. The molecule has 1 heterocycles. The van der Waals surface area contributed by atoms with Gasteiger partial charge in [-0.2, -0.15) is 9.57 Å². The summed E-state index contributed by atoms with van der Waals surface area (Å²) in [6.07, 6.45) is 0.860. The number of nitrogen functional groups attached to an aromatic ring is 1. The molecule has 2 N–H and O–H groups in total. The topological polar surface area (TPSA) is 96.4 Å². The van der Waals surface area contributed by atoms with Crippen molar-refractivity contribution in [3.05, 3.63) is 23.8 Å². The second-order valence-corrected chi connectivity index (χ2v) is 6.96. The molecule has 1 unspecified atom stereocenters. The maximum atomic E-state index is 12.7. The minimum Gasteiger partial charge on any atom is -0.399 e. The standard InChI is InChI=1S/C14H19N3O3S/c1-2-17(9-11-5-6-20-10-11)21(18,19)14-4-3-13(16)7-12(14)8-15/h3-4,7,11H,2,5-6,9-10,16H2,1H3. The quantitative estimate of drug-likeness (QED) is 0.824. The van der Waals surface area contributed by atoms with Gasteiger partial charge < -0.3 is 10.5 Å². The van der Waals surface area contributed by atoms with Crippen LogP contribution >= 0.6 is 0 Å². The van der Waals surface area contributed by atoms with Crippen LogP contribution in [0.3, 0.4) is 0 Å². The Bertz CT molecular complexity index is 646. The molecule has 0 bridgehead atoms. The van der Waals surface area contributed by atoms with Gasteiger partial charge in [-0.15, -0.1) is 0 Å². The smallest absolute Gasteiger partial charge is 0.244 e. The number of nitriles is 1. The molecule has 1 aliphatic heterocycles. The Morgan fingerprint density at radius 3 is 2.86 bits per heavy atom. The maximum absolute atomic E-state index is 12.7. The van der Waals surface area contributed by atoms with E-state index in [2.05, 4.69) is 0 Å². The van der Waals surface area contributed by atoms with Crippen LogP contribution in [-0.4, -0.2) is 39.0 Å². The van der Waals surface area contributed by atoms with Gasteiger partial charge in [-0.25, -0.2) is 8.42 Å². The van der Waals surface area contributed by atoms with E-state index in [1.54, 1.807) is 6.92 Å². The van der Waals surface area contributed by atoms with E-state index >= 15 is 0 Å². The molecule has 1 aliphatic rings. The second kappa shape index (κ2) is 6.43. The Morgan fingerprint density at radius 2 is 2.29 bits per heavy atom. The Morgan fingerprint density at radius 1 is 1.52 bits per heavy atom. The third-order valence-electron chi connectivity index (χ3n) is 3.58. The molecule has 1 fully saturated rings. The molecular weight excluding hydrogens is 290 g/mol. The fraction of sp³-hybridized carbons (Fsp3) is 0.500. The third kappa shape index (κ3) is 3.35. The number of nitrogens with two attached hydrogens (primary N) is 1. The van der Waals surface area contributed by atoms with E-state index in [1.807, 2.05) is 6.07 Å². The molecular formula is C14H19N3O3S. The average molecular weight is 309 g/mol. The Hall–Kier alpha value is -1.62. The zero-order chi connectivity index (χ0) is 15.5. The molecule has 0 amide bonds. The lowest BCUT2D eigenvalue weighted by molar-refractivity contribution is 0.181. The van der Waals surface area contributed by atoms with Crippen LogP contribution in [0.25, 0.3) is 0 Å². The number of nitrogens with zero attached hydrogens (tertiary/aromatic N) is 2. The van der Waals surface area contributed by atoms with Gasteiger partial charge in [0.05, 0.1) is 12.2 Å². The first-order chi connectivity index (χ1) is 9.98. The summed E-state index contributed by atoms with van der Waals surface area (Å²) in [5.74, 6) is 0.207. The van der Waals surface area contributed by atoms with E-state index in [0.29, 0.717) is 32.0 Å². The Kier molecular flexibility index (Phi) is 4.83. The lowest BCUT2D eigenvalue weighted by Gasteiger charge is -2.23. The van der Waals surface area contributed by atoms with E-state index in [1.165, 1.54) is 22.5 Å². The summed E-state index contributed by atoms with van der Waals surface area (Å²) in [5.41, 5.74) is 6.06. The van der Waals surface area contributed by atoms with Crippen LogP contribution in [0, 0.1) is 17.2 Å². The number of sulfonamides is 1. The molecule has 6 nitrogen and oxygen atoms in total. The van der Waals surface area contributed by atoms with Crippen molar-refractivity contribution in [3.8, 4) is 6.07 Å². The fourth-order valence-electron chi connectivity index (χ4n) is 2.41. The summed E-state index contributed by atoms with van der Waals surface area (Å²) < 4.78 is 32.2. The monoisotopic (exact) mass is 309 g/mol. The van der Waals surface area contributed by atoms with E-state index in [0.717, 1.165) is 6.42 Å². The highest BCUT2D eigenvalue weighted by Crippen LogP contribution is 2.24. The van der Waals surface area contributed by atoms with Crippen molar-refractivity contribution >= 4 is 15.7 Å². The average Bonchev–Trinajstić information content (AvgIpc) is 2.97. The predicted molar refractivity (Wildman–Crippen MR) is 78.9 cm³/mol. The summed E-state index contributed by atoms with van der Waals surface area (Å²) in [6.45, 7) is 3.81. The number of benzene rings is 1. The molecule has 0 spiro atoms. The number of anilines is 1. The van der Waals surface area contributed by atoms with Crippen LogP contribution in [0.15, 0.2) is 23.1 Å². The summed E-state index contributed by atoms with van der Waals surface area (Å²) in [7, 11) is -3.70. The molecule has 7 heteroatoms. The molecule has 21 heavy (non-hydrogen) atoms. The van der Waals surface area contributed by atoms with Crippen molar-refractivity contribution in [1.29, 1.82) is 5.26 Å². The number of ether oxygens (including phenoxy) is 1. The van der Waals surface area contributed by atoms with Crippen molar-refractivity contribution in [1.82, 2.24) is 4.31 Å². The second-order valence-electron chi connectivity index (χ2n) is 5.05. The molecule has 0 radical (unpaired) electrons. The van der Waals surface area contributed by atoms with Gasteiger partial charge in [-0.3, -0.25) is 0 Å². The minimum atomic E-state index is -3.70. The van der Waals surface area contributed by atoms with Crippen LogP contribution in [-0.2, 0) is 14.8 Å². The van der Waals surface area contributed by atoms with Gasteiger partial charge in [-0.05, 0) is 30.5 Å². The van der Waals surface area contributed by atoms with Gasteiger partial charge >= 0.3 is 0 Å². The van der Waals surface area contributed by atoms with Crippen molar-refractivity contribution in [3.63, 3.8) is 0 Å². The summed E-state index contributed by atoms with van der Waals surface area (Å²) >= 11 is 0. The number of hydrogen-bond acceptors (Lipinski definition) is 5. The molecule has 1 saturated heterocycles. The van der Waals surface area contributed by atoms with Crippen LogP contribution in [0.2, 0.25) is 0 Å². The third-order valence-corrected chi connectivity index (χ3v) is 5.58. The Balaban J connectivity index is 2.32. The predicted octanol–water partition coefficient (Wildman–Crippen LogP) is 1.19. The number of hydrogen-bond donors (Lipinski definition) is 1.